The number of ether oxygens (including phenoxy) is 1. The maximum absolute atomic E-state index is 15.1. The number of H-pyrrole nitrogens is 1. The fourth-order valence-corrected chi connectivity index (χ4v) is 4.90. The number of nitrogens with zero attached hydrogens (tertiary/aromatic N) is 2. The number of rotatable bonds is 7. The Morgan fingerprint density at radius 2 is 1.86 bits per heavy atom. The van der Waals surface area contributed by atoms with Gasteiger partial charge in [0, 0.05) is 34.6 Å². The number of carboxylic acids is 1. The molecule has 0 bridgehead atoms. The smallest absolute Gasteiger partial charge is 0.352 e. The first-order chi connectivity index (χ1) is 17.3. The SMILES string of the molecule is Cc1nn(C)c(C)c1-c1c(F)ccc2c(CCCOc3cccc4cc(F)ccc34)c(C(=O)O)[nH]c12. The van der Waals surface area contributed by atoms with Gasteiger partial charge in [-0.3, -0.25) is 4.68 Å². The second-order valence-electron chi connectivity index (χ2n) is 8.87. The molecule has 2 N–H and O–H groups in total. The predicted octanol–water partition coefficient (Wildman–Crippen LogP) is 6.33. The Labute approximate surface area is 206 Å². The highest BCUT2D eigenvalue weighted by atomic mass is 19.1. The van der Waals surface area contributed by atoms with E-state index in [0.717, 1.165) is 16.5 Å². The van der Waals surface area contributed by atoms with Gasteiger partial charge in [0.15, 0.2) is 0 Å². The molecule has 184 valence electrons. The third kappa shape index (κ3) is 3.98. The van der Waals surface area contributed by atoms with Gasteiger partial charge in [-0.1, -0.05) is 12.1 Å². The zero-order valence-corrected chi connectivity index (χ0v) is 20.2. The Balaban J connectivity index is 1.46. The summed E-state index contributed by atoms with van der Waals surface area (Å²) >= 11 is 0. The fourth-order valence-electron chi connectivity index (χ4n) is 4.90. The van der Waals surface area contributed by atoms with Crippen LogP contribution in [0, 0.1) is 25.5 Å². The van der Waals surface area contributed by atoms with Gasteiger partial charge in [0.1, 0.15) is 23.1 Å². The first-order valence-corrected chi connectivity index (χ1v) is 11.6. The monoisotopic (exact) mass is 489 g/mol. The number of hydrogen-bond donors (Lipinski definition) is 2. The summed E-state index contributed by atoms with van der Waals surface area (Å²) in [6.07, 6.45) is 0.944. The van der Waals surface area contributed by atoms with E-state index in [1.807, 2.05) is 26.0 Å². The van der Waals surface area contributed by atoms with Crippen LogP contribution in [0.15, 0.2) is 48.5 Å². The standard InChI is InChI=1S/C28H25F2N3O3/c1-15-24(16(2)33(3)32-15)25-22(30)12-11-21-20(27(28(34)35)31-26(21)25)7-5-13-36-23-8-4-6-17-14-18(29)9-10-19(17)23/h4,6,8-12,14,31H,5,7,13H2,1-3H3,(H,34,35). The van der Waals surface area contributed by atoms with Crippen molar-refractivity contribution >= 4 is 27.6 Å². The third-order valence-corrected chi connectivity index (χ3v) is 6.64. The molecule has 0 atom stereocenters. The molecule has 3 aromatic carbocycles. The Kier molecular flexibility index (Phi) is 5.96. The average Bonchev–Trinajstić information content (AvgIpc) is 3.33. The van der Waals surface area contributed by atoms with Crippen molar-refractivity contribution in [2.75, 3.05) is 6.61 Å². The number of nitrogens with one attached hydrogen (secondary N) is 1. The number of aromatic carboxylic acids is 1. The third-order valence-electron chi connectivity index (χ3n) is 6.64. The van der Waals surface area contributed by atoms with Crippen molar-refractivity contribution in [1.29, 1.82) is 0 Å². The van der Waals surface area contributed by atoms with Crippen LogP contribution in [0.4, 0.5) is 8.78 Å². The maximum Gasteiger partial charge on any atom is 0.352 e. The van der Waals surface area contributed by atoms with E-state index in [1.54, 1.807) is 29.9 Å². The van der Waals surface area contributed by atoms with E-state index in [9.17, 15) is 14.3 Å². The minimum absolute atomic E-state index is 0.0386. The van der Waals surface area contributed by atoms with E-state index in [-0.39, 0.29) is 11.5 Å². The van der Waals surface area contributed by atoms with Crippen LogP contribution in [0.1, 0.15) is 33.9 Å². The van der Waals surface area contributed by atoms with E-state index >= 15 is 4.39 Å². The quantitative estimate of drug-likeness (QED) is 0.262. The van der Waals surface area contributed by atoms with Crippen LogP contribution >= 0.6 is 0 Å². The van der Waals surface area contributed by atoms with Gasteiger partial charge in [-0.25, -0.2) is 13.6 Å². The van der Waals surface area contributed by atoms with Gasteiger partial charge in [0.25, 0.3) is 0 Å². The number of carbonyl (C=O) groups is 1. The van der Waals surface area contributed by atoms with Crippen molar-refractivity contribution in [1.82, 2.24) is 14.8 Å². The topological polar surface area (TPSA) is 80.1 Å². The number of benzene rings is 3. The van der Waals surface area contributed by atoms with E-state index in [0.29, 0.717) is 58.5 Å². The number of carboxylic acid groups (broad SMARTS) is 1. The average molecular weight is 490 g/mol. The number of aryl methyl sites for hydroxylation is 3. The van der Waals surface area contributed by atoms with Crippen molar-refractivity contribution in [3.05, 3.63) is 82.8 Å². The Morgan fingerprint density at radius 1 is 1.08 bits per heavy atom. The molecule has 2 aromatic heterocycles. The summed E-state index contributed by atoms with van der Waals surface area (Å²) in [6, 6.07) is 13.0. The lowest BCUT2D eigenvalue weighted by Gasteiger charge is -2.10. The summed E-state index contributed by atoms with van der Waals surface area (Å²) in [6.45, 7) is 3.99. The molecule has 0 saturated carbocycles. The molecule has 0 aliphatic heterocycles. The molecule has 0 saturated heterocycles. The highest BCUT2D eigenvalue weighted by Crippen LogP contribution is 2.37. The summed E-state index contributed by atoms with van der Waals surface area (Å²) in [7, 11) is 1.79. The van der Waals surface area contributed by atoms with Gasteiger partial charge in [-0.2, -0.15) is 5.10 Å². The summed E-state index contributed by atoms with van der Waals surface area (Å²) in [5, 5.41) is 16.5. The lowest BCUT2D eigenvalue weighted by Crippen LogP contribution is -2.04. The van der Waals surface area contributed by atoms with Crippen molar-refractivity contribution < 1.29 is 23.4 Å². The highest BCUT2D eigenvalue weighted by molar-refractivity contribution is 6.03. The van der Waals surface area contributed by atoms with Gasteiger partial charge >= 0.3 is 5.97 Å². The lowest BCUT2D eigenvalue weighted by molar-refractivity contribution is 0.0690. The van der Waals surface area contributed by atoms with Gasteiger partial charge in [0.05, 0.1) is 17.8 Å². The molecule has 2 heterocycles. The predicted molar refractivity (Wildman–Crippen MR) is 135 cm³/mol. The van der Waals surface area contributed by atoms with E-state index in [4.69, 9.17) is 4.74 Å². The molecule has 8 heteroatoms. The number of aromatic amines is 1. The van der Waals surface area contributed by atoms with E-state index in [1.165, 1.54) is 18.2 Å². The summed E-state index contributed by atoms with van der Waals surface area (Å²) < 4.78 is 36.3. The molecule has 5 aromatic rings. The molecular weight excluding hydrogens is 464 g/mol. The van der Waals surface area contributed by atoms with Crippen LogP contribution < -0.4 is 4.74 Å². The number of fused-ring (bicyclic) bond motifs is 2. The Bertz CT molecular complexity index is 1630. The van der Waals surface area contributed by atoms with Gasteiger partial charge in [-0.05, 0) is 74.0 Å². The van der Waals surface area contributed by atoms with Crippen LogP contribution in [0.5, 0.6) is 5.75 Å². The molecule has 5 rings (SSSR count). The fraction of sp³-hybridized carbons (Fsp3) is 0.214. The zero-order chi connectivity index (χ0) is 25.6. The van der Waals surface area contributed by atoms with Gasteiger partial charge < -0.3 is 14.8 Å². The van der Waals surface area contributed by atoms with E-state index in [2.05, 4.69) is 10.1 Å². The maximum atomic E-state index is 15.1. The van der Waals surface area contributed by atoms with Crippen LogP contribution in [-0.2, 0) is 13.5 Å². The minimum atomic E-state index is -1.11. The van der Waals surface area contributed by atoms with E-state index < -0.39 is 11.8 Å². The van der Waals surface area contributed by atoms with Crippen molar-refractivity contribution in [2.45, 2.75) is 26.7 Å². The van der Waals surface area contributed by atoms with Crippen molar-refractivity contribution in [3.8, 4) is 16.9 Å². The van der Waals surface area contributed by atoms with Crippen LogP contribution in [0.2, 0.25) is 0 Å². The molecule has 0 spiro atoms. The number of aromatic nitrogens is 3. The summed E-state index contributed by atoms with van der Waals surface area (Å²) in [5.74, 6) is -1.23. The second kappa shape index (κ2) is 9.11. The molecule has 0 unspecified atom stereocenters. The molecule has 0 fully saturated rings. The molecular formula is C28H25F2N3O3. The van der Waals surface area contributed by atoms with Crippen LogP contribution in [-0.4, -0.2) is 32.4 Å². The summed E-state index contributed by atoms with van der Waals surface area (Å²) in [4.78, 5) is 15.1. The Morgan fingerprint density at radius 3 is 2.58 bits per heavy atom. The second-order valence-corrected chi connectivity index (χ2v) is 8.87. The van der Waals surface area contributed by atoms with Crippen molar-refractivity contribution in [2.24, 2.45) is 7.05 Å². The van der Waals surface area contributed by atoms with Crippen LogP contribution in [0.25, 0.3) is 32.8 Å². The first-order valence-electron chi connectivity index (χ1n) is 11.6. The molecule has 0 aliphatic carbocycles. The molecule has 0 radical (unpaired) electrons. The highest BCUT2D eigenvalue weighted by Gasteiger charge is 2.24. The van der Waals surface area contributed by atoms with Crippen LogP contribution in [0.3, 0.4) is 0 Å². The van der Waals surface area contributed by atoms with Crippen molar-refractivity contribution in [3.63, 3.8) is 0 Å². The molecule has 0 aliphatic rings. The Hall–Kier alpha value is -4.20. The van der Waals surface area contributed by atoms with Gasteiger partial charge in [0.2, 0.25) is 0 Å². The van der Waals surface area contributed by atoms with Gasteiger partial charge in [-0.15, -0.1) is 0 Å². The lowest BCUT2D eigenvalue weighted by atomic mass is 9.98. The number of hydrogen-bond acceptors (Lipinski definition) is 3. The largest absolute Gasteiger partial charge is 0.493 e. The summed E-state index contributed by atoms with van der Waals surface area (Å²) in [5.41, 5.74) is 3.51. The first kappa shape index (κ1) is 23.5. The number of halogens is 2. The zero-order valence-electron chi connectivity index (χ0n) is 20.2. The minimum Gasteiger partial charge on any atom is -0.493 e. The normalized spacial score (nSPS) is 11.5. The molecule has 0 amide bonds. The molecule has 6 nitrogen and oxygen atoms in total. The molecule has 36 heavy (non-hydrogen) atoms.